The Hall–Kier alpha value is -1.80. The second-order valence-corrected chi connectivity index (χ2v) is 7.55. The summed E-state index contributed by atoms with van der Waals surface area (Å²) in [6.45, 7) is 2.15. The van der Waals surface area contributed by atoms with Gasteiger partial charge in [0.05, 0.1) is 11.6 Å². The molecule has 1 saturated heterocycles. The monoisotopic (exact) mass is 450 g/mol. The summed E-state index contributed by atoms with van der Waals surface area (Å²) in [5, 5.41) is 2.90. The van der Waals surface area contributed by atoms with Crippen LogP contribution in [0.25, 0.3) is 6.08 Å². The molecule has 6 heteroatoms. The topological polar surface area (TPSA) is 49.4 Å². The lowest BCUT2D eigenvalue weighted by Crippen LogP contribution is -2.33. The third kappa shape index (κ3) is 3.81. The highest BCUT2D eigenvalue weighted by atomic mass is 127. The maximum atomic E-state index is 12.5. The molecule has 2 aromatic rings. The number of aryl methyl sites for hydroxylation is 1. The third-order valence-electron chi connectivity index (χ3n) is 3.61. The van der Waals surface area contributed by atoms with Crippen molar-refractivity contribution in [3.8, 4) is 0 Å². The Morgan fingerprint density at radius 1 is 1.12 bits per heavy atom. The van der Waals surface area contributed by atoms with E-state index in [0.717, 1.165) is 32.1 Å². The van der Waals surface area contributed by atoms with Crippen LogP contribution in [0, 0.1) is 10.5 Å². The van der Waals surface area contributed by atoms with E-state index in [1.165, 1.54) is 4.90 Å². The molecule has 0 unspecified atom stereocenters. The van der Waals surface area contributed by atoms with Crippen LogP contribution in [0.1, 0.15) is 11.1 Å². The molecule has 122 valence electrons. The van der Waals surface area contributed by atoms with Crippen molar-refractivity contribution in [2.45, 2.75) is 6.92 Å². The van der Waals surface area contributed by atoms with Crippen molar-refractivity contribution < 1.29 is 9.59 Å². The first kappa shape index (κ1) is 17.0. The predicted molar refractivity (Wildman–Crippen MR) is 107 cm³/mol. The van der Waals surface area contributed by atoms with Gasteiger partial charge in [0.2, 0.25) is 0 Å². The van der Waals surface area contributed by atoms with E-state index in [0.29, 0.717) is 4.91 Å². The van der Waals surface area contributed by atoms with Gasteiger partial charge in [0, 0.05) is 9.26 Å². The van der Waals surface area contributed by atoms with Gasteiger partial charge in [-0.05, 0) is 76.7 Å². The quantitative estimate of drug-likeness (QED) is 0.542. The van der Waals surface area contributed by atoms with Crippen LogP contribution in [0.5, 0.6) is 0 Å². The van der Waals surface area contributed by atoms with Gasteiger partial charge in [-0.1, -0.05) is 30.3 Å². The number of nitrogens with one attached hydrogen (secondary N) is 1. The van der Waals surface area contributed by atoms with E-state index in [1.807, 2.05) is 55.5 Å². The number of carbonyl (C=O) groups is 2. The Bertz CT molecular complexity index is 818. The average molecular weight is 450 g/mol. The van der Waals surface area contributed by atoms with Crippen LogP contribution in [0.4, 0.5) is 10.5 Å². The summed E-state index contributed by atoms with van der Waals surface area (Å²) in [5.41, 5.74) is 2.89. The highest BCUT2D eigenvalue weighted by Crippen LogP contribution is 2.32. The number of thioether (sulfide) groups is 1. The van der Waals surface area contributed by atoms with Crippen molar-refractivity contribution in [3.63, 3.8) is 0 Å². The van der Waals surface area contributed by atoms with Gasteiger partial charge in [-0.25, -0.2) is 0 Å². The zero-order valence-corrected chi connectivity index (χ0v) is 15.9. The SMILES string of the molecule is Cc1ccccc1NCN1C(=O)SC(=Cc2ccc(I)cc2)C1=O. The fourth-order valence-electron chi connectivity index (χ4n) is 2.28. The third-order valence-corrected chi connectivity index (χ3v) is 5.24. The first-order valence-corrected chi connectivity index (χ1v) is 9.24. The minimum absolute atomic E-state index is 0.166. The molecule has 0 saturated carbocycles. The Labute approximate surface area is 158 Å². The van der Waals surface area contributed by atoms with E-state index in [2.05, 4.69) is 27.9 Å². The van der Waals surface area contributed by atoms with Gasteiger partial charge in [0.1, 0.15) is 0 Å². The van der Waals surface area contributed by atoms with E-state index < -0.39 is 0 Å². The van der Waals surface area contributed by atoms with E-state index in [-0.39, 0.29) is 17.8 Å². The van der Waals surface area contributed by atoms with E-state index in [9.17, 15) is 9.59 Å². The molecule has 3 rings (SSSR count). The Morgan fingerprint density at radius 3 is 2.54 bits per heavy atom. The molecule has 4 nitrogen and oxygen atoms in total. The summed E-state index contributed by atoms with van der Waals surface area (Å²) in [4.78, 5) is 26.3. The normalized spacial score (nSPS) is 16.1. The first-order valence-electron chi connectivity index (χ1n) is 7.35. The molecule has 1 heterocycles. The van der Waals surface area contributed by atoms with Gasteiger partial charge in [-0.15, -0.1) is 0 Å². The number of nitrogens with zero attached hydrogens (tertiary/aromatic N) is 1. The van der Waals surface area contributed by atoms with Crippen molar-refractivity contribution in [1.29, 1.82) is 0 Å². The number of hydrogen-bond donors (Lipinski definition) is 1. The molecule has 0 aromatic heterocycles. The van der Waals surface area contributed by atoms with Gasteiger partial charge in [0.15, 0.2) is 0 Å². The van der Waals surface area contributed by atoms with Crippen LogP contribution in [0.3, 0.4) is 0 Å². The lowest BCUT2D eigenvalue weighted by atomic mass is 10.2. The van der Waals surface area contributed by atoms with Crippen LogP contribution < -0.4 is 5.32 Å². The number of carbonyl (C=O) groups excluding carboxylic acids is 2. The fraction of sp³-hybridized carbons (Fsp3) is 0.111. The zero-order valence-electron chi connectivity index (χ0n) is 13.0. The summed E-state index contributed by atoms with van der Waals surface area (Å²) < 4.78 is 1.13. The molecule has 2 aromatic carbocycles. The van der Waals surface area contributed by atoms with E-state index in [1.54, 1.807) is 6.08 Å². The number of anilines is 1. The van der Waals surface area contributed by atoms with Crippen LogP contribution in [0.2, 0.25) is 0 Å². The molecule has 24 heavy (non-hydrogen) atoms. The number of amides is 2. The molecule has 0 radical (unpaired) electrons. The smallest absolute Gasteiger partial charge is 0.295 e. The summed E-state index contributed by atoms with van der Waals surface area (Å²) in [7, 11) is 0. The molecule has 1 fully saturated rings. The number of benzene rings is 2. The largest absolute Gasteiger partial charge is 0.367 e. The Balaban J connectivity index is 1.72. The predicted octanol–water partition coefficient (Wildman–Crippen LogP) is 4.71. The lowest BCUT2D eigenvalue weighted by molar-refractivity contribution is -0.122. The summed E-state index contributed by atoms with van der Waals surface area (Å²) in [6, 6.07) is 15.6. The van der Waals surface area contributed by atoms with Crippen LogP contribution >= 0.6 is 34.4 Å². The number of rotatable bonds is 4. The van der Waals surface area contributed by atoms with Gasteiger partial charge in [-0.3, -0.25) is 14.5 Å². The molecule has 1 N–H and O–H groups in total. The van der Waals surface area contributed by atoms with Gasteiger partial charge < -0.3 is 5.32 Å². The van der Waals surface area contributed by atoms with Crippen molar-refractivity contribution in [2.24, 2.45) is 0 Å². The second kappa shape index (κ2) is 7.40. The fourth-order valence-corrected chi connectivity index (χ4v) is 3.48. The number of halogens is 1. The molecule has 0 atom stereocenters. The van der Waals surface area contributed by atoms with E-state index >= 15 is 0 Å². The standard InChI is InChI=1S/C18H15IN2O2S/c1-12-4-2-3-5-15(12)20-11-21-17(22)16(24-18(21)23)10-13-6-8-14(19)9-7-13/h2-10,20H,11H2,1H3. The number of imide groups is 1. The second-order valence-electron chi connectivity index (χ2n) is 5.31. The van der Waals surface area contributed by atoms with Crippen molar-refractivity contribution in [3.05, 3.63) is 68.1 Å². The Kier molecular flexibility index (Phi) is 5.25. The van der Waals surface area contributed by atoms with E-state index in [4.69, 9.17) is 0 Å². The molecule has 0 aliphatic carbocycles. The van der Waals surface area contributed by atoms with Gasteiger partial charge >= 0.3 is 0 Å². The first-order chi connectivity index (χ1) is 11.5. The van der Waals surface area contributed by atoms with Crippen LogP contribution in [-0.2, 0) is 4.79 Å². The lowest BCUT2D eigenvalue weighted by Gasteiger charge is -2.15. The highest BCUT2D eigenvalue weighted by molar-refractivity contribution is 14.1. The summed E-state index contributed by atoms with van der Waals surface area (Å²) in [5.74, 6) is -0.260. The van der Waals surface area contributed by atoms with Gasteiger partial charge in [0.25, 0.3) is 11.1 Å². The molecule has 0 spiro atoms. The molecule has 0 bridgehead atoms. The minimum atomic E-state index is -0.260. The van der Waals surface area contributed by atoms with Gasteiger partial charge in [-0.2, -0.15) is 0 Å². The Morgan fingerprint density at radius 2 is 1.83 bits per heavy atom. The van der Waals surface area contributed by atoms with Crippen molar-refractivity contribution in [1.82, 2.24) is 4.90 Å². The summed E-state index contributed by atoms with van der Waals surface area (Å²) in [6.07, 6.45) is 1.76. The maximum Gasteiger partial charge on any atom is 0.295 e. The summed E-state index contributed by atoms with van der Waals surface area (Å²) >= 11 is 3.20. The minimum Gasteiger partial charge on any atom is -0.367 e. The molecule has 1 aliphatic heterocycles. The van der Waals surface area contributed by atoms with Crippen LogP contribution in [-0.4, -0.2) is 22.7 Å². The zero-order chi connectivity index (χ0) is 17.1. The molecular weight excluding hydrogens is 435 g/mol. The van der Waals surface area contributed by atoms with Crippen LogP contribution in [0.15, 0.2) is 53.4 Å². The molecule has 2 amide bonds. The maximum absolute atomic E-state index is 12.5. The highest BCUT2D eigenvalue weighted by Gasteiger charge is 2.34. The van der Waals surface area contributed by atoms with Crippen molar-refractivity contribution >= 4 is 57.3 Å². The molecular formula is C18H15IN2O2S. The number of para-hydroxylation sites is 1. The number of hydrogen-bond acceptors (Lipinski definition) is 4. The van der Waals surface area contributed by atoms with Crippen molar-refractivity contribution in [2.75, 3.05) is 12.0 Å². The molecule has 1 aliphatic rings. The average Bonchev–Trinajstić information content (AvgIpc) is 2.83.